The number of amides is 1. The minimum Gasteiger partial charge on any atom is -0.486 e. The second kappa shape index (κ2) is 8.84. The highest BCUT2D eigenvalue weighted by molar-refractivity contribution is 5.96. The Kier molecular flexibility index (Phi) is 5.98. The molecular weight excluding hydrogens is 390 g/mol. The van der Waals surface area contributed by atoms with Gasteiger partial charge in [0, 0.05) is 17.6 Å². The van der Waals surface area contributed by atoms with Crippen molar-refractivity contribution >= 4 is 5.91 Å². The van der Waals surface area contributed by atoms with Gasteiger partial charge in [-0.25, -0.2) is 0 Å². The summed E-state index contributed by atoms with van der Waals surface area (Å²) in [4.78, 5) is 17.7. The number of fused-ring (bicyclic) bond motifs is 1. The molecule has 1 aromatic carbocycles. The number of carbonyl (C=O) groups excluding carboxylic acids is 1. The SMILES string of the molecule is Cc1cc(C(=O)NC(c2ccc3c(c2)OCCO3)C(C)C)c(C)n1Cc1ccccn1. The highest BCUT2D eigenvalue weighted by Gasteiger charge is 2.24. The minimum atomic E-state index is -0.137. The number of aryl methyl sites for hydroxylation is 1. The Morgan fingerprint density at radius 2 is 1.87 bits per heavy atom. The van der Waals surface area contributed by atoms with E-state index in [1.807, 2.05) is 56.3 Å². The molecule has 1 atom stereocenters. The molecule has 162 valence electrons. The van der Waals surface area contributed by atoms with Crippen LogP contribution in [0.2, 0.25) is 0 Å². The van der Waals surface area contributed by atoms with E-state index in [2.05, 4.69) is 28.7 Å². The van der Waals surface area contributed by atoms with Crippen LogP contribution in [0.25, 0.3) is 0 Å². The third kappa shape index (κ3) is 4.43. The van der Waals surface area contributed by atoms with E-state index in [1.54, 1.807) is 6.20 Å². The lowest BCUT2D eigenvalue weighted by atomic mass is 9.95. The fourth-order valence-corrected chi connectivity index (χ4v) is 4.04. The molecule has 6 heteroatoms. The standard InChI is InChI=1S/C25H29N3O3/c1-16(2)24(19-8-9-22-23(14-19)31-12-11-30-22)27-25(29)21-13-17(3)28(18(21)4)15-20-7-5-6-10-26-20/h5-10,13-14,16,24H,11-12,15H2,1-4H3,(H,27,29). The molecule has 3 aromatic rings. The van der Waals surface area contributed by atoms with Crippen molar-refractivity contribution in [3.63, 3.8) is 0 Å². The smallest absolute Gasteiger partial charge is 0.253 e. The van der Waals surface area contributed by atoms with Crippen molar-refractivity contribution in [2.45, 2.75) is 40.3 Å². The Morgan fingerprint density at radius 3 is 2.58 bits per heavy atom. The summed E-state index contributed by atoms with van der Waals surface area (Å²) < 4.78 is 13.5. The molecule has 31 heavy (non-hydrogen) atoms. The van der Waals surface area contributed by atoms with Crippen molar-refractivity contribution in [1.82, 2.24) is 14.9 Å². The molecule has 1 amide bonds. The number of hydrogen-bond acceptors (Lipinski definition) is 4. The summed E-state index contributed by atoms with van der Waals surface area (Å²) in [7, 11) is 0. The predicted octanol–water partition coefficient (Wildman–Crippen LogP) is 4.45. The summed E-state index contributed by atoms with van der Waals surface area (Å²) >= 11 is 0. The van der Waals surface area contributed by atoms with Crippen molar-refractivity contribution in [2.75, 3.05) is 13.2 Å². The molecule has 0 bridgehead atoms. The summed E-state index contributed by atoms with van der Waals surface area (Å²) in [6.45, 7) is 9.95. The van der Waals surface area contributed by atoms with Crippen LogP contribution in [0, 0.1) is 19.8 Å². The molecule has 0 saturated carbocycles. The normalized spacial score (nSPS) is 13.8. The molecule has 0 fully saturated rings. The van der Waals surface area contributed by atoms with Crippen molar-refractivity contribution in [2.24, 2.45) is 5.92 Å². The quantitative estimate of drug-likeness (QED) is 0.641. The molecule has 0 radical (unpaired) electrons. The van der Waals surface area contributed by atoms with Crippen LogP contribution >= 0.6 is 0 Å². The summed E-state index contributed by atoms with van der Waals surface area (Å²) in [5.41, 5.74) is 4.64. The van der Waals surface area contributed by atoms with Gasteiger partial charge in [0.1, 0.15) is 13.2 Å². The average molecular weight is 420 g/mol. The van der Waals surface area contributed by atoms with Crippen LogP contribution < -0.4 is 14.8 Å². The number of rotatable bonds is 6. The Bertz CT molecular complexity index is 1070. The van der Waals surface area contributed by atoms with Crippen molar-refractivity contribution < 1.29 is 14.3 Å². The van der Waals surface area contributed by atoms with Gasteiger partial charge in [0.15, 0.2) is 11.5 Å². The largest absolute Gasteiger partial charge is 0.486 e. The Balaban J connectivity index is 1.57. The lowest BCUT2D eigenvalue weighted by Gasteiger charge is -2.25. The molecule has 2 aromatic heterocycles. The predicted molar refractivity (Wildman–Crippen MR) is 120 cm³/mol. The topological polar surface area (TPSA) is 65.4 Å². The molecule has 6 nitrogen and oxygen atoms in total. The van der Waals surface area contributed by atoms with Crippen LogP contribution in [0.1, 0.15) is 52.9 Å². The third-order valence-electron chi connectivity index (χ3n) is 5.74. The molecule has 1 N–H and O–H groups in total. The van der Waals surface area contributed by atoms with E-state index >= 15 is 0 Å². The molecule has 4 rings (SSSR count). The van der Waals surface area contributed by atoms with Gasteiger partial charge >= 0.3 is 0 Å². The molecule has 1 aliphatic heterocycles. The molecule has 0 saturated heterocycles. The second-order valence-corrected chi connectivity index (χ2v) is 8.29. The second-order valence-electron chi connectivity index (χ2n) is 8.29. The number of nitrogens with zero attached hydrogens (tertiary/aromatic N) is 2. The van der Waals surface area contributed by atoms with Crippen LogP contribution in [0.4, 0.5) is 0 Å². The van der Waals surface area contributed by atoms with E-state index < -0.39 is 0 Å². The van der Waals surface area contributed by atoms with Gasteiger partial charge in [-0.05, 0) is 55.7 Å². The first-order chi connectivity index (χ1) is 14.9. The molecule has 0 aliphatic carbocycles. The Morgan fingerprint density at radius 1 is 1.10 bits per heavy atom. The van der Waals surface area contributed by atoms with Crippen LogP contribution in [-0.2, 0) is 6.54 Å². The van der Waals surface area contributed by atoms with Gasteiger partial charge < -0.3 is 19.4 Å². The fraction of sp³-hybridized carbons (Fsp3) is 0.360. The summed E-state index contributed by atoms with van der Waals surface area (Å²) in [5.74, 6) is 1.62. The zero-order valence-electron chi connectivity index (χ0n) is 18.5. The van der Waals surface area contributed by atoms with Gasteiger partial charge in [0.25, 0.3) is 5.91 Å². The number of aromatic nitrogens is 2. The average Bonchev–Trinajstić information content (AvgIpc) is 3.06. The Labute approximate surface area is 183 Å². The van der Waals surface area contributed by atoms with Gasteiger partial charge in [-0.15, -0.1) is 0 Å². The zero-order valence-corrected chi connectivity index (χ0v) is 18.5. The third-order valence-corrected chi connectivity index (χ3v) is 5.74. The first-order valence-corrected chi connectivity index (χ1v) is 10.7. The van der Waals surface area contributed by atoms with Crippen LogP contribution in [0.5, 0.6) is 11.5 Å². The number of ether oxygens (including phenoxy) is 2. The number of pyridine rings is 1. The van der Waals surface area contributed by atoms with Crippen LogP contribution in [0.15, 0.2) is 48.7 Å². The van der Waals surface area contributed by atoms with Gasteiger partial charge in [0.05, 0.1) is 23.8 Å². The lowest BCUT2D eigenvalue weighted by molar-refractivity contribution is 0.0924. The molecule has 1 unspecified atom stereocenters. The number of hydrogen-bond donors (Lipinski definition) is 1. The van der Waals surface area contributed by atoms with E-state index in [0.717, 1.165) is 34.1 Å². The fourth-order valence-electron chi connectivity index (χ4n) is 4.04. The van der Waals surface area contributed by atoms with Gasteiger partial charge in [-0.2, -0.15) is 0 Å². The maximum Gasteiger partial charge on any atom is 0.253 e. The minimum absolute atomic E-state index is 0.0750. The molecule has 0 spiro atoms. The first-order valence-electron chi connectivity index (χ1n) is 10.7. The summed E-state index contributed by atoms with van der Waals surface area (Å²) in [6, 6.07) is 13.6. The van der Waals surface area contributed by atoms with E-state index in [1.165, 1.54) is 0 Å². The Hall–Kier alpha value is -3.28. The maximum absolute atomic E-state index is 13.3. The highest BCUT2D eigenvalue weighted by Crippen LogP contribution is 2.34. The van der Waals surface area contributed by atoms with Crippen LogP contribution in [-0.4, -0.2) is 28.7 Å². The van der Waals surface area contributed by atoms with E-state index in [9.17, 15) is 4.79 Å². The van der Waals surface area contributed by atoms with Crippen molar-refractivity contribution in [3.05, 3.63) is 76.9 Å². The molecular formula is C25H29N3O3. The maximum atomic E-state index is 13.3. The molecule has 1 aliphatic rings. The first kappa shape index (κ1) is 21.0. The zero-order chi connectivity index (χ0) is 22.0. The van der Waals surface area contributed by atoms with Gasteiger partial charge in [-0.1, -0.05) is 26.0 Å². The monoisotopic (exact) mass is 419 g/mol. The van der Waals surface area contributed by atoms with E-state index in [0.29, 0.717) is 25.3 Å². The summed E-state index contributed by atoms with van der Waals surface area (Å²) in [6.07, 6.45) is 1.79. The number of benzene rings is 1. The lowest BCUT2D eigenvalue weighted by Crippen LogP contribution is -2.32. The van der Waals surface area contributed by atoms with Crippen molar-refractivity contribution in [3.8, 4) is 11.5 Å². The van der Waals surface area contributed by atoms with E-state index in [4.69, 9.17) is 9.47 Å². The van der Waals surface area contributed by atoms with E-state index in [-0.39, 0.29) is 17.9 Å². The highest BCUT2D eigenvalue weighted by atomic mass is 16.6. The number of carbonyl (C=O) groups is 1. The van der Waals surface area contributed by atoms with Gasteiger partial charge in [0.2, 0.25) is 0 Å². The van der Waals surface area contributed by atoms with Crippen LogP contribution in [0.3, 0.4) is 0 Å². The van der Waals surface area contributed by atoms with Crippen molar-refractivity contribution in [1.29, 1.82) is 0 Å². The summed E-state index contributed by atoms with van der Waals surface area (Å²) in [5, 5.41) is 3.24. The number of nitrogens with one attached hydrogen (secondary N) is 1. The van der Waals surface area contributed by atoms with Gasteiger partial charge in [-0.3, -0.25) is 9.78 Å². The molecule has 3 heterocycles.